The number of halogens is 1. The third-order valence-electron chi connectivity index (χ3n) is 2.13. The van der Waals surface area contributed by atoms with E-state index in [1.54, 1.807) is 12.3 Å². The number of aromatic amines is 1. The Morgan fingerprint density at radius 1 is 1.73 bits per heavy atom. The Hall–Kier alpha value is -0.810. The van der Waals surface area contributed by atoms with Gasteiger partial charge in [-0.3, -0.25) is 4.79 Å². The number of hydrogen-bond donors (Lipinski definition) is 3. The molecule has 1 aromatic rings. The van der Waals surface area contributed by atoms with Gasteiger partial charge < -0.3 is 15.4 Å². The Morgan fingerprint density at radius 2 is 2.47 bits per heavy atom. The van der Waals surface area contributed by atoms with Gasteiger partial charge in [-0.1, -0.05) is 6.92 Å². The fraction of sp³-hybridized carbons (Fsp3) is 0.500. The van der Waals surface area contributed by atoms with Gasteiger partial charge in [-0.15, -0.1) is 0 Å². The highest BCUT2D eigenvalue weighted by atomic mass is 79.9. The van der Waals surface area contributed by atoms with Gasteiger partial charge in [-0.2, -0.15) is 0 Å². The summed E-state index contributed by atoms with van der Waals surface area (Å²) in [4.78, 5) is 14.4. The summed E-state index contributed by atoms with van der Waals surface area (Å²) in [5.41, 5.74) is 0.540. The predicted molar refractivity (Wildman–Crippen MR) is 61.7 cm³/mol. The van der Waals surface area contributed by atoms with E-state index in [0.717, 1.165) is 4.47 Å². The number of aliphatic hydroxyl groups is 1. The Balaban J connectivity index is 2.36. The maximum absolute atomic E-state index is 11.5. The van der Waals surface area contributed by atoms with Crippen LogP contribution in [-0.4, -0.2) is 29.1 Å². The molecule has 0 aliphatic heterocycles. The van der Waals surface area contributed by atoms with Crippen molar-refractivity contribution >= 4 is 21.8 Å². The van der Waals surface area contributed by atoms with Crippen molar-refractivity contribution in [1.29, 1.82) is 0 Å². The van der Waals surface area contributed by atoms with Gasteiger partial charge in [0.15, 0.2) is 0 Å². The van der Waals surface area contributed by atoms with Crippen molar-refractivity contribution in [2.45, 2.75) is 13.3 Å². The molecule has 0 spiro atoms. The highest BCUT2D eigenvalue weighted by Crippen LogP contribution is 2.10. The third-order valence-corrected chi connectivity index (χ3v) is 2.58. The maximum Gasteiger partial charge on any atom is 0.267 e. The van der Waals surface area contributed by atoms with Gasteiger partial charge in [0, 0.05) is 23.8 Å². The number of hydrogen-bond acceptors (Lipinski definition) is 2. The van der Waals surface area contributed by atoms with E-state index in [1.807, 2.05) is 6.92 Å². The van der Waals surface area contributed by atoms with Crippen LogP contribution in [0.4, 0.5) is 0 Å². The molecule has 1 heterocycles. The average molecular weight is 275 g/mol. The zero-order chi connectivity index (χ0) is 11.3. The van der Waals surface area contributed by atoms with Gasteiger partial charge in [0.2, 0.25) is 0 Å². The molecule has 15 heavy (non-hydrogen) atoms. The number of rotatable bonds is 5. The van der Waals surface area contributed by atoms with E-state index in [4.69, 9.17) is 5.11 Å². The number of H-pyrrole nitrogens is 1. The van der Waals surface area contributed by atoms with Crippen LogP contribution < -0.4 is 5.32 Å². The molecule has 4 nitrogen and oxygen atoms in total. The molecular weight excluding hydrogens is 260 g/mol. The summed E-state index contributed by atoms with van der Waals surface area (Å²) in [5.74, 6) is 0.169. The van der Waals surface area contributed by atoms with Crippen LogP contribution in [-0.2, 0) is 0 Å². The molecule has 1 aromatic heterocycles. The molecule has 0 fully saturated rings. The van der Waals surface area contributed by atoms with Crippen LogP contribution >= 0.6 is 15.9 Å². The number of amides is 1. The van der Waals surface area contributed by atoms with Crippen molar-refractivity contribution in [3.63, 3.8) is 0 Å². The van der Waals surface area contributed by atoms with Crippen LogP contribution in [0.5, 0.6) is 0 Å². The highest BCUT2D eigenvalue weighted by Gasteiger charge is 2.08. The highest BCUT2D eigenvalue weighted by molar-refractivity contribution is 9.10. The standard InChI is InChI=1S/C10H15BrN2O2/c1-7(2-3-14)5-13-10(15)9-4-8(11)6-12-9/h4,6-7,12,14H,2-3,5H2,1H3,(H,13,15). The minimum absolute atomic E-state index is 0.120. The predicted octanol–water partition coefficient (Wildman–Crippen LogP) is 1.53. The van der Waals surface area contributed by atoms with Crippen LogP contribution in [0.25, 0.3) is 0 Å². The number of aromatic nitrogens is 1. The molecule has 0 saturated carbocycles. The molecule has 0 aliphatic carbocycles. The second kappa shape index (κ2) is 5.92. The Bertz CT molecular complexity index is 325. The SMILES string of the molecule is CC(CCO)CNC(=O)c1cc(Br)c[nH]1. The molecule has 1 amide bonds. The summed E-state index contributed by atoms with van der Waals surface area (Å²) in [6, 6.07) is 1.73. The lowest BCUT2D eigenvalue weighted by Gasteiger charge is -2.10. The second-order valence-corrected chi connectivity index (χ2v) is 4.47. The van der Waals surface area contributed by atoms with E-state index in [1.165, 1.54) is 0 Å². The molecule has 3 N–H and O–H groups in total. The van der Waals surface area contributed by atoms with Crippen LogP contribution in [0.15, 0.2) is 16.7 Å². The summed E-state index contributed by atoms with van der Waals surface area (Å²) >= 11 is 3.26. The minimum Gasteiger partial charge on any atom is -0.396 e. The molecule has 1 atom stereocenters. The van der Waals surface area contributed by atoms with Crippen molar-refractivity contribution in [2.75, 3.05) is 13.2 Å². The van der Waals surface area contributed by atoms with E-state index < -0.39 is 0 Å². The quantitative estimate of drug-likeness (QED) is 0.763. The van der Waals surface area contributed by atoms with Crippen molar-refractivity contribution in [1.82, 2.24) is 10.3 Å². The smallest absolute Gasteiger partial charge is 0.267 e. The van der Waals surface area contributed by atoms with Crippen molar-refractivity contribution in [3.05, 3.63) is 22.4 Å². The van der Waals surface area contributed by atoms with E-state index in [-0.39, 0.29) is 18.4 Å². The number of carbonyl (C=O) groups is 1. The fourth-order valence-corrected chi connectivity index (χ4v) is 1.53. The normalized spacial score (nSPS) is 12.5. The lowest BCUT2D eigenvalue weighted by atomic mass is 10.1. The molecule has 84 valence electrons. The summed E-state index contributed by atoms with van der Waals surface area (Å²) in [6.07, 6.45) is 2.42. The molecule has 0 aliphatic rings. The largest absolute Gasteiger partial charge is 0.396 e. The Kier molecular flexibility index (Phi) is 4.84. The van der Waals surface area contributed by atoms with Crippen molar-refractivity contribution < 1.29 is 9.90 Å². The molecule has 1 rings (SSSR count). The lowest BCUT2D eigenvalue weighted by molar-refractivity contribution is 0.0941. The maximum atomic E-state index is 11.5. The number of nitrogens with one attached hydrogen (secondary N) is 2. The molecule has 0 radical (unpaired) electrons. The van der Waals surface area contributed by atoms with Crippen molar-refractivity contribution in [3.8, 4) is 0 Å². The van der Waals surface area contributed by atoms with E-state index >= 15 is 0 Å². The lowest BCUT2D eigenvalue weighted by Crippen LogP contribution is -2.28. The number of carbonyl (C=O) groups excluding carboxylic acids is 1. The van der Waals surface area contributed by atoms with Gasteiger partial charge in [-0.05, 0) is 34.3 Å². The molecule has 0 aromatic carbocycles. The molecule has 0 bridgehead atoms. The van der Waals surface area contributed by atoms with Crippen LogP contribution in [0.2, 0.25) is 0 Å². The van der Waals surface area contributed by atoms with Gasteiger partial charge in [-0.25, -0.2) is 0 Å². The Morgan fingerprint density at radius 3 is 3.00 bits per heavy atom. The van der Waals surface area contributed by atoms with Gasteiger partial charge in [0.25, 0.3) is 5.91 Å². The van der Waals surface area contributed by atoms with Gasteiger partial charge in [0.1, 0.15) is 5.69 Å². The minimum atomic E-state index is -0.120. The monoisotopic (exact) mass is 274 g/mol. The molecule has 1 unspecified atom stereocenters. The number of aliphatic hydroxyl groups excluding tert-OH is 1. The molecule has 0 saturated heterocycles. The first-order valence-electron chi connectivity index (χ1n) is 4.86. The summed E-state index contributed by atoms with van der Waals surface area (Å²) in [7, 11) is 0. The first kappa shape index (κ1) is 12.3. The zero-order valence-electron chi connectivity index (χ0n) is 8.59. The summed E-state index contributed by atoms with van der Waals surface area (Å²) in [5, 5.41) is 11.5. The third kappa shape index (κ3) is 4.05. The van der Waals surface area contributed by atoms with Crippen molar-refractivity contribution in [2.24, 2.45) is 5.92 Å². The topological polar surface area (TPSA) is 65.1 Å². The van der Waals surface area contributed by atoms with Crippen LogP contribution in [0.1, 0.15) is 23.8 Å². The molecular formula is C10H15BrN2O2. The first-order valence-corrected chi connectivity index (χ1v) is 5.65. The summed E-state index contributed by atoms with van der Waals surface area (Å²) in [6.45, 7) is 2.72. The first-order chi connectivity index (χ1) is 7.13. The Labute approximate surface area is 97.2 Å². The van der Waals surface area contributed by atoms with Crippen LogP contribution in [0.3, 0.4) is 0 Å². The fourth-order valence-electron chi connectivity index (χ4n) is 1.18. The second-order valence-electron chi connectivity index (χ2n) is 3.56. The molecule has 5 heteroatoms. The van der Waals surface area contributed by atoms with Gasteiger partial charge >= 0.3 is 0 Å². The summed E-state index contributed by atoms with van der Waals surface area (Å²) < 4.78 is 0.857. The van der Waals surface area contributed by atoms with E-state index in [9.17, 15) is 4.79 Å². The average Bonchev–Trinajstić information content (AvgIpc) is 2.62. The van der Waals surface area contributed by atoms with Gasteiger partial charge in [0.05, 0.1) is 0 Å². The van der Waals surface area contributed by atoms with E-state index in [0.29, 0.717) is 18.7 Å². The van der Waals surface area contributed by atoms with Crippen LogP contribution in [0, 0.1) is 5.92 Å². The van der Waals surface area contributed by atoms with E-state index in [2.05, 4.69) is 26.2 Å². The zero-order valence-corrected chi connectivity index (χ0v) is 10.2.